The minimum atomic E-state index is -0.319. The number of benzene rings is 2. The first-order chi connectivity index (χ1) is 9.20. The molecule has 2 aromatic rings. The zero-order chi connectivity index (χ0) is 13.7. The Balaban J connectivity index is 2.06. The quantitative estimate of drug-likeness (QED) is 0.684. The van der Waals surface area contributed by atoms with Crippen LogP contribution in [0.3, 0.4) is 0 Å². The maximum Gasteiger partial charge on any atom is 0.129 e. The van der Waals surface area contributed by atoms with Crippen LogP contribution in [0.15, 0.2) is 48.5 Å². The lowest BCUT2D eigenvalue weighted by Gasteiger charge is -2.16. The fourth-order valence-electron chi connectivity index (χ4n) is 1.78. The normalized spacial score (nSPS) is 12.4. The van der Waals surface area contributed by atoms with Crippen molar-refractivity contribution < 1.29 is 9.13 Å². The van der Waals surface area contributed by atoms with Gasteiger partial charge in [0.05, 0.1) is 12.7 Å². The third-order valence-corrected chi connectivity index (χ3v) is 3.56. The Hall–Kier alpha value is -0.900. The Morgan fingerprint density at radius 1 is 1.16 bits per heavy atom. The molecule has 0 saturated heterocycles. The van der Waals surface area contributed by atoms with Gasteiger partial charge >= 0.3 is 0 Å². The molecule has 0 N–H and O–H groups in total. The first-order valence-corrected chi connectivity index (χ1v) is 7.37. The molecule has 0 spiro atoms. The summed E-state index contributed by atoms with van der Waals surface area (Å²) in [5, 5.41) is 1.21. The summed E-state index contributed by atoms with van der Waals surface area (Å²) in [4.78, 5) is 0. The van der Waals surface area contributed by atoms with Crippen LogP contribution in [0.2, 0.25) is 5.02 Å². The second-order valence-corrected chi connectivity index (χ2v) is 5.19. The third-order valence-electron chi connectivity index (χ3n) is 2.73. The van der Waals surface area contributed by atoms with Crippen LogP contribution in [0.1, 0.15) is 17.2 Å². The smallest absolute Gasteiger partial charge is 0.129 e. The molecule has 2 rings (SSSR count). The molecule has 0 heterocycles. The molecule has 0 bridgehead atoms. The van der Waals surface area contributed by atoms with Crippen molar-refractivity contribution in [2.45, 2.75) is 12.7 Å². The standard InChI is InChI=1S/C15H13BrClFO/c16-9-15(13-6-1-2-7-14(13)18)19-10-11-4-3-5-12(17)8-11/h1-8,15H,9-10H2. The SMILES string of the molecule is Fc1ccccc1C(CBr)OCc1cccc(Cl)c1. The largest absolute Gasteiger partial charge is 0.368 e. The lowest BCUT2D eigenvalue weighted by Crippen LogP contribution is -2.08. The highest BCUT2D eigenvalue weighted by atomic mass is 79.9. The van der Waals surface area contributed by atoms with Gasteiger partial charge in [-0.05, 0) is 23.8 Å². The van der Waals surface area contributed by atoms with Crippen LogP contribution in [0.4, 0.5) is 4.39 Å². The minimum Gasteiger partial charge on any atom is -0.368 e. The van der Waals surface area contributed by atoms with Gasteiger partial charge < -0.3 is 4.74 Å². The maximum atomic E-state index is 13.7. The molecule has 1 nitrogen and oxygen atoms in total. The second kappa shape index (κ2) is 7.04. The van der Waals surface area contributed by atoms with E-state index in [0.29, 0.717) is 22.5 Å². The van der Waals surface area contributed by atoms with Gasteiger partial charge in [-0.25, -0.2) is 4.39 Å². The maximum absolute atomic E-state index is 13.7. The molecule has 2 aromatic carbocycles. The number of alkyl halides is 1. The van der Waals surface area contributed by atoms with Crippen molar-refractivity contribution in [3.05, 3.63) is 70.5 Å². The highest BCUT2D eigenvalue weighted by Crippen LogP contribution is 2.24. The Morgan fingerprint density at radius 2 is 1.95 bits per heavy atom. The van der Waals surface area contributed by atoms with Crippen molar-refractivity contribution in [3.63, 3.8) is 0 Å². The monoisotopic (exact) mass is 342 g/mol. The molecule has 0 amide bonds. The molecule has 0 aliphatic heterocycles. The van der Waals surface area contributed by atoms with Gasteiger partial charge in [-0.3, -0.25) is 0 Å². The van der Waals surface area contributed by atoms with Gasteiger partial charge in [0.2, 0.25) is 0 Å². The number of rotatable bonds is 5. The lowest BCUT2D eigenvalue weighted by atomic mass is 10.1. The van der Waals surface area contributed by atoms with Crippen molar-refractivity contribution in [2.24, 2.45) is 0 Å². The molecule has 0 saturated carbocycles. The summed E-state index contributed by atoms with van der Waals surface area (Å²) in [6.45, 7) is 0.394. The fourth-order valence-corrected chi connectivity index (χ4v) is 2.53. The first kappa shape index (κ1) is 14.5. The second-order valence-electron chi connectivity index (χ2n) is 4.11. The molecule has 19 heavy (non-hydrogen) atoms. The summed E-state index contributed by atoms with van der Waals surface area (Å²) in [6, 6.07) is 14.1. The molecular formula is C15H13BrClFO. The van der Waals surface area contributed by atoms with Gasteiger partial charge in [0.1, 0.15) is 5.82 Å². The number of hydrogen-bond acceptors (Lipinski definition) is 1. The van der Waals surface area contributed by atoms with Gasteiger partial charge in [0.25, 0.3) is 0 Å². The molecule has 1 unspecified atom stereocenters. The Bertz CT molecular complexity index is 547. The summed E-state index contributed by atoms with van der Waals surface area (Å²) >= 11 is 9.27. The van der Waals surface area contributed by atoms with Crippen LogP contribution in [0.25, 0.3) is 0 Å². The molecule has 0 radical (unpaired) electrons. The molecule has 0 aromatic heterocycles. The zero-order valence-electron chi connectivity index (χ0n) is 10.2. The van der Waals surface area contributed by atoms with E-state index in [-0.39, 0.29) is 11.9 Å². The van der Waals surface area contributed by atoms with Crippen LogP contribution in [-0.2, 0) is 11.3 Å². The highest BCUT2D eigenvalue weighted by Gasteiger charge is 2.14. The fraction of sp³-hybridized carbons (Fsp3) is 0.200. The summed E-state index contributed by atoms with van der Waals surface area (Å²) in [5.41, 5.74) is 1.52. The number of halogens is 3. The predicted octanol–water partition coefficient (Wildman–Crippen LogP) is 5.13. The van der Waals surface area contributed by atoms with E-state index in [0.717, 1.165) is 5.56 Å². The molecular weight excluding hydrogens is 331 g/mol. The lowest BCUT2D eigenvalue weighted by molar-refractivity contribution is 0.0543. The van der Waals surface area contributed by atoms with Gasteiger partial charge in [0.15, 0.2) is 0 Å². The van der Waals surface area contributed by atoms with E-state index in [1.807, 2.05) is 24.3 Å². The van der Waals surface area contributed by atoms with Crippen molar-refractivity contribution in [3.8, 4) is 0 Å². The van der Waals surface area contributed by atoms with Gasteiger partial charge in [0, 0.05) is 15.9 Å². The van der Waals surface area contributed by atoms with E-state index < -0.39 is 0 Å². The molecule has 0 aliphatic carbocycles. The van der Waals surface area contributed by atoms with E-state index in [1.165, 1.54) is 6.07 Å². The Morgan fingerprint density at radius 3 is 2.63 bits per heavy atom. The van der Waals surface area contributed by atoms with Gasteiger partial charge in [-0.1, -0.05) is 57.9 Å². The number of hydrogen-bond donors (Lipinski definition) is 0. The summed E-state index contributed by atoms with van der Waals surface area (Å²) < 4.78 is 19.4. The van der Waals surface area contributed by atoms with E-state index in [4.69, 9.17) is 16.3 Å². The van der Waals surface area contributed by atoms with Crippen LogP contribution in [0, 0.1) is 5.82 Å². The van der Waals surface area contributed by atoms with Crippen molar-refractivity contribution >= 4 is 27.5 Å². The van der Waals surface area contributed by atoms with Crippen molar-refractivity contribution in [2.75, 3.05) is 5.33 Å². The van der Waals surface area contributed by atoms with Gasteiger partial charge in [-0.2, -0.15) is 0 Å². The first-order valence-electron chi connectivity index (χ1n) is 5.87. The summed E-state index contributed by atoms with van der Waals surface area (Å²) in [6.07, 6.45) is -0.319. The average Bonchev–Trinajstić information content (AvgIpc) is 2.41. The van der Waals surface area contributed by atoms with E-state index in [1.54, 1.807) is 18.2 Å². The molecule has 0 fully saturated rings. The van der Waals surface area contributed by atoms with Gasteiger partial charge in [-0.15, -0.1) is 0 Å². The topological polar surface area (TPSA) is 9.23 Å². The molecule has 100 valence electrons. The van der Waals surface area contributed by atoms with Crippen LogP contribution in [0.5, 0.6) is 0 Å². The van der Waals surface area contributed by atoms with Crippen LogP contribution < -0.4 is 0 Å². The van der Waals surface area contributed by atoms with E-state index in [2.05, 4.69) is 15.9 Å². The Labute approximate surface area is 125 Å². The van der Waals surface area contributed by atoms with Crippen LogP contribution >= 0.6 is 27.5 Å². The predicted molar refractivity (Wildman–Crippen MR) is 79.2 cm³/mol. The average molecular weight is 344 g/mol. The number of ether oxygens (including phenoxy) is 1. The molecule has 1 atom stereocenters. The van der Waals surface area contributed by atoms with Crippen LogP contribution in [-0.4, -0.2) is 5.33 Å². The summed E-state index contributed by atoms with van der Waals surface area (Å²) in [5.74, 6) is -0.252. The van der Waals surface area contributed by atoms with E-state index >= 15 is 0 Å². The summed E-state index contributed by atoms with van der Waals surface area (Å²) in [7, 11) is 0. The Kier molecular flexibility index (Phi) is 5.37. The molecule has 0 aliphatic rings. The molecule has 4 heteroatoms. The zero-order valence-corrected chi connectivity index (χ0v) is 12.5. The van der Waals surface area contributed by atoms with E-state index in [9.17, 15) is 4.39 Å². The third kappa shape index (κ3) is 4.03. The minimum absolute atomic E-state index is 0.252. The highest BCUT2D eigenvalue weighted by molar-refractivity contribution is 9.09. The van der Waals surface area contributed by atoms with Crippen molar-refractivity contribution in [1.82, 2.24) is 0 Å². The van der Waals surface area contributed by atoms with Crippen molar-refractivity contribution in [1.29, 1.82) is 0 Å².